The Morgan fingerprint density at radius 1 is 1.04 bits per heavy atom. The zero-order valence-electron chi connectivity index (χ0n) is 14.7. The van der Waals surface area contributed by atoms with Crippen LogP contribution in [0.2, 0.25) is 0 Å². The fourth-order valence-corrected chi connectivity index (χ4v) is 2.82. The Hall–Kier alpha value is -2.40. The van der Waals surface area contributed by atoms with E-state index in [1.807, 2.05) is 51.1 Å². The molecule has 0 fully saturated rings. The lowest BCUT2D eigenvalue weighted by Gasteiger charge is -2.37. The average molecular weight is 345 g/mol. The minimum atomic E-state index is -1.04. The van der Waals surface area contributed by atoms with Crippen LogP contribution in [-0.2, 0) is 0 Å². The molecule has 2 N–H and O–H groups in total. The Morgan fingerprint density at radius 2 is 1.60 bits per heavy atom. The first-order chi connectivity index (χ1) is 11.7. The SMILES string of the molecule is CC(C)(C)N(CC(c1ccccc1)C(O)c1ccc(F)cc1)C(=O)O. The molecule has 0 spiro atoms. The first-order valence-electron chi connectivity index (χ1n) is 8.19. The molecular weight excluding hydrogens is 321 g/mol. The molecule has 0 heterocycles. The molecule has 5 heteroatoms. The summed E-state index contributed by atoms with van der Waals surface area (Å²) in [6.07, 6.45) is -1.99. The van der Waals surface area contributed by atoms with Gasteiger partial charge >= 0.3 is 6.09 Å². The summed E-state index contributed by atoms with van der Waals surface area (Å²) in [4.78, 5) is 13.0. The van der Waals surface area contributed by atoms with Gasteiger partial charge in [0.25, 0.3) is 0 Å². The molecule has 4 nitrogen and oxygen atoms in total. The fourth-order valence-electron chi connectivity index (χ4n) is 2.82. The molecule has 2 aromatic carbocycles. The molecule has 0 bridgehead atoms. The highest BCUT2D eigenvalue weighted by Crippen LogP contribution is 2.33. The molecule has 0 aromatic heterocycles. The van der Waals surface area contributed by atoms with Gasteiger partial charge in [0.2, 0.25) is 0 Å². The summed E-state index contributed by atoms with van der Waals surface area (Å²) in [7, 11) is 0. The first-order valence-corrected chi connectivity index (χ1v) is 8.19. The van der Waals surface area contributed by atoms with Gasteiger partial charge in [0.15, 0.2) is 0 Å². The van der Waals surface area contributed by atoms with Crippen molar-refractivity contribution in [3.05, 3.63) is 71.5 Å². The van der Waals surface area contributed by atoms with E-state index in [4.69, 9.17) is 0 Å². The third-order valence-electron chi connectivity index (χ3n) is 4.24. The van der Waals surface area contributed by atoms with Crippen LogP contribution in [-0.4, -0.2) is 33.3 Å². The fraction of sp³-hybridized carbons (Fsp3) is 0.350. The number of hydrogen-bond acceptors (Lipinski definition) is 2. The zero-order chi connectivity index (χ0) is 18.6. The van der Waals surface area contributed by atoms with Crippen LogP contribution in [0.3, 0.4) is 0 Å². The van der Waals surface area contributed by atoms with Gasteiger partial charge in [-0.05, 0) is 44.0 Å². The highest BCUT2D eigenvalue weighted by atomic mass is 19.1. The predicted molar refractivity (Wildman–Crippen MR) is 95.0 cm³/mol. The number of aliphatic hydroxyl groups is 1. The van der Waals surface area contributed by atoms with E-state index in [-0.39, 0.29) is 12.4 Å². The summed E-state index contributed by atoms with van der Waals surface area (Å²) < 4.78 is 13.2. The number of amides is 1. The topological polar surface area (TPSA) is 60.8 Å². The summed E-state index contributed by atoms with van der Waals surface area (Å²) in [5.41, 5.74) is 0.769. The van der Waals surface area contributed by atoms with Gasteiger partial charge < -0.3 is 15.1 Å². The molecule has 2 atom stereocenters. The van der Waals surface area contributed by atoms with Gasteiger partial charge in [-0.15, -0.1) is 0 Å². The van der Waals surface area contributed by atoms with E-state index in [1.54, 1.807) is 0 Å². The van der Waals surface area contributed by atoms with Gasteiger partial charge in [0.05, 0.1) is 6.10 Å². The highest BCUT2D eigenvalue weighted by molar-refractivity contribution is 5.66. The van der Waals surface area contributed by atoms with E-state index in [0.29, 0.717) is 5.56 Å². The van der Waals surface area contributed by atoms with E-state index in [0.717, 1.165) is 5.56 Å². The number of halogens is 1. The van der Waals surface area contributed by atoms with Crippen LogP contribution in [0.4, 0.5) is 9.18 Å². The number of nitrogens with zero attached hydrogens (tertiary/aromatic N) is 1. The number of rotatable bonds is 5. The first kappa shape index (κ1) is 18.9. The molecule has 134 valence electrons. The van der Waals surface area contributed by atoms with Crippen LogP contribution in [0.5, 0.6) is 0 Å². The molecule has 2 unspecified atom stereocenters. The second-order valence-electron chi connectivity index (χ2n) is 7.08. The molecular formula is C20H24FNO3. The van der Waals surface area contributed by atoms with E-state index < -0.39 is 23.7 Å². The number of hydrogen-bond donors (Lipinski definition) is 2. The molecule has 0 radical (unpaired) electrons. The minimum Gasteiger partial charge on any atom is -0.465 e. The molecule has 2 aromatic rings. The number of carbonyl (C=O) groups is 1. The zero-order valence-corrected chi connectivity index (χ0v) is 14.7. The third-order valence-corrected chi connectivity index (χ3v) is 4.24. The van der Waals surface area contributed by atoms with Crippen LogP contribution < -0.4 is 0 Å². The standard InChI is InChI=1S/C20H24FNO3/c1-20(2,3)22(19(24)25)13-17(14-7-5-4-6-8-14)18(23)15-9-11-16(21)12-10-15/h4-12,17-18,23H,13H2,1-3H3,(H,24,25). The second kappa shape index (κ2) is 7.66. The van der Waals surface area contributed by atoms with E-state index in [2.05, 4.69) is 0 Å². The molecule has 0 aliphatic rings. The Labute approximate surface area is 147 Å². The molecule has 2 rings (SSSR count). The van der Waals surface area contributed by atoms with Crippen molar-refractivity contribution >= 4 is 6.09 Å². The summed E-state index contributed by atoms with van der Waals surface area (Å²) in [5, 5.41) is 20.5. The van der Waals surface area contributed by atoms with Crippen molar-refractivity contribution in [2.24, 2.45) is 0 Å². The lowest BCUT2D eigenvalue weighted by atomic mass is 9.87. The van der Waals surface area contributed by atoms with Crippen molar-refractivity contribution in [2.75, 3.05) is 6.54 Å². The third kappa shape index (κ3) is 4.79. The van der Waals surface area contributed by atoms with Crippen LogP contribution in [0.25, 0.3) is 0 Å². The van der Waals surface area contributed by atoms with Crippen molar-refractivity contribution in [2.45, 2.75) is 38.3 Å². The monoisotopic (exact) mass is 345 g/mol. The smallest absolute Gasteiger partial charge is 0.407 e. The molecule has 0 aliphatic heterocycles. The number of aliphatic hydroxyl groups excluding tert-OH is 1. The van der Waals surface area contributed by atoms with Crippen LogP contribution >= 0.6 is 0 Å². The molecule has 0 aliphatic carbocycles. The summed E-state index contributed by atoms with van der Waals surface area (Å²) in [6, 6.07) is 14.9. The van der Waals surface area contributed by atoms with Crippen molar-refractivity contribution in [3.63, 3.8) is 0 Å². The normalized spacial score (nSPS) is 14.0. The average Bonchev–Trinajstić information content (AvgIpc) is 2.55. The Morgan fingerprint density at radius 3 is 2.08 bits per heavy atom. The summed E-state index contributed by atoms with van der Waals surface area (Å²) in [5.74, 6) is -0.851. The highest BCUT2D eigenvalue weighted by Gasteiger charge is 2.32. The molecule has 0 saturated carbocycles. The maximum absolute atomic E-state index is 13.2. The van der Waals surface area contributed by atoms with Gasteiger partial charge in [0, 0.05) is 18.0 Å². The lowest BCUT2D eigenvalue weighted by Crippen LogP contribution is -2.47. The lowest BCUT2D eigenvalue weighted by molar-refractivity contribution is 0.0696. The van der Waals surface area contributed by atoms with Gasteiger partial charge in [0.1, 0.15) is 5.82 Å². The van der Waals surface area contributed by atoms with E-state index in [9.17, 15) is 19.4 Å². The maximum Gasteiger partial charge on any atom is 0.407 e. The van der Waals surface area contributed by atoms with Crippen molar-refractivity contribution in [1.82, 2.24) is 4.90 Å². The molecule has 1 amide bonds. The van der Waals surface area contributed by atoms with Gasteiger partial charge in [-0.25, -0.2) is 9.18 Å². The Bertz CT molecular complexity index is 695. The summed E-state index contributed by atoms with van der Waals surface area (Å²) >= 11 is 0. The predicted octanol–water partition coefficient (Wildman–Crippen LogP) is 4.42. The molecule has 25 heavy (non-hydrogen) atoms. The maximum atomic E-state index is 13.2. The van der Waals surface area contributed by atoms with Gasteiger partial charge in [-0.1, -0.05) is 42.5 Å². The van der Waals surface area contributed by atoms with Gasteiger partial charge in [-0.2, -0.15) is 0 Å². The van der Waals surface area contributed by atoms with Crippen molar-refractivity contribution in [3.8, 4) is 0 Å². The van der Waals surface area contributed by atoms with Crippen LogP contribution in [0.1, 0.15) is 43.9 Å². The Kier molecular flexibility index (Phi) is 5.80. The van der Waals surface area contributed by atoms with E-state index >= 15 is 0 Å². The quantitative estimate of drug-likeness (QED) is 0.843. The number of carboxylic acid groups (broad SMARTS) is 1. The second-order valence-corrected chi connectivity index (χ2v) is 7.08. The molecule has 0 saturated heterocycles. The van der Waals surface area contributed by atoms with Gasteiger partial charge in [-0.3, -0.25) is 0 Å². The van der Waals surface area contributed by atoms with Crippen molar-refractivity contribution < 1.29 is 19.4 Å². The largest absolute Gasteiger partial charge is 0.465 e. The van der Waals surface area contributed by atoms with Crippen molar-refractivity contribution in [1.29, 1.82) is 0 Å². The van der Waals surface area contributed by atoms with Crippen LogP contribution in [0.15, 0.2) is 54.6 Å². The van der Waals surface area contributed by atoms with Crippen LogP contribution in [0, 0.1) is 5.82 Å². The summed E-state index contributed by atoms with van der Waals surface area (Å²) in [6.45, 7) is 5.57. The number of benzene rings is 2. The van der Waals surface area contributed by atoms with E-state index in [1.165, 1.54) is 29.2 Å². The minimum absolute atomic E-state index is 0.126. The Balaban J connectivity index is 2.39.